The molecular formula is C21H19N3S2. The van der Waals surface area contributed by atoms with Crippen molar-refractivity contribution in [3.8, 4) is 0 Å². The lowest BCUT2D eigenvalue weighted by Crippen LogP contribution is -2.34. The maximum Gasteiger partial charge on any atom is 0.188 e. The van der Waals surface area contributed by atoms with Gasteiger partial charge in [0, 0.05) is 11.6 Å². The van der Waals surface area contributed by atoms with E-state index >= 15 is 0 Å². The van der Waals surface area contributed by atoms with E-state index in [1.165, 1.54) is 21.5 Å². The molecule has 2 heterocycles. The maximum absolute atomic E-state index is 4.99. The highest BCUT2D eigenvalue weighted by Gasteiger charge is 2.35. The van der Waals surface area contributed by atoms with Crippen LogP contribution in [0.25, 0.3) is 10.2 Å². The molecule has 2 aliphatic rings. The number of aromatic nitrogens is 1. The van der Waals surface area contributed by atoms with Crippen molar-refractivity contribution < 1.29 is 0 Å². The number of thiazole rings is 1. The summed E-state index contributed by atoms with van der Waals surface area (Å²) in [5, 5.41) is 0. The van der Waals surface area contributed by atoms with Crippen LogP contribution in [0.3, 0.4) is 0 Å². The molecule has 1 aliphatic heterocycles. The fourth-order valence-electron chi connectivity index (χ4n) is 3.96. The molecular weight excluding hydrogens is 358 g/mol. The minimum Gasteiger partial charge on any atom is -0.344 e. The van der Waals surface area contributed by atoms with Crippen LogP contribution in [-0.4, -0.2) is 17.3 Å². The summed E-state index contributed by atoms with van der Waals surface area (Å²) in [5.74, 6) is 1.06. The van der Waals surface area contributed by atoms with Crippen LogP contribution in [0, 0.1) is 0 Å². The standard InChI is InChI=1S/C21H19N3S2/c25-14-24-19-11-5-6-12-20(19)26-21(24)22-13-23-17-9-3-1-7-15(17)16-8-2-4-10-18(16)23/h1-12,15,17,25H,13-14H2/b22-21+. The van der Waals surface area contributed by atoms with Crippen LogP contribution in [0.4, 0.5) is 5.69 Å². The lowest BCUT2D eigenvalue weighted by molar-refractivity contribution is 0.671. The van der Waals surface area contributed by atoms with Crippen LogP contribution >= 0.6 is 24.0 Å². The number of benzene rings is 2. The summed E-state index contributed by atoms with van der Waals surface area (Å²) in [4.78, 5) is 8.42. The average Bonchev–Trinajstić information content (AvgIpc) is 3.21. The zero-order valence-corrected chi connectivity index (χ0v) is 15.9. The Balaban J connectivity index is 1.57. The molecule has 2 unspecified atom stereocenters. The number of para-hydroxylation sites is 2. The predicted octanol–water partition coefficient (Wildman–Crippen LogP) is 4.55. The number of hydrogen-bond donors (Lipinski definition) is 1. The van der Waals surface area contributed by atoms with Crippen molar-refractivity contribution in [2.45, 2.75) is 17.8 Å². The van der Waals surface area contributed by atoms with Gasteiger partial charge < -0.3 is 9.47 Å². The van der Waals surface area contributed by atoms with Gasteiger partial charge in [-0.05, 0) is 23.8 Å². The van der Waals surface area contributed by atoms with Gasteiger partial charge >= 0.3 is 0 Å². The molecule has 1 aromatic heterocycles. The minimum absolute atomic E-state index is 0.347. The van der Waals surface area contributed by atoms with Crippen LogP contribution in [0.2, 0.25) is 0 Å². The van der Waals surface area contributed by atoms with Crippen molar-refractivity contribution in [2.24, 2.45) is 4.99 Å². The second kappa shape index (κ2) is 6.49. The van der Waals surface area contributed by atoms with E-state index in [-0.39, 0.29) is 0 Å². The molecule has 0 amide bonds. The normalized spacial score (nSPS) is 21.4. The fourth-order valence-corrected chi connectivity index (χ4v) is 5.36. The molecule has 0 radical (unpaired) electrons. The van der Waals surface area contributed by atoms with Crippen LogP contribution in [0.1, 0.15) is 11.5 Å². The average molecular weight is 378 g/mol. The van der Waals surface area contributed by atoms with Gasteiger partial charge in [0.05, 0.1) is 22.1 Å². The van der Waals surface area contributed by atoms with Gasteiger partial charge in [0.15, 0.2) is 4.80 Å². The summed E-state index contributed by atoms with van der Waals surface area (Å²) < 4.78 is 3.43. The van der Waals surface area contributed by atoms with Crippen LogP contribution < -0.4 is 9.70 Å². The Kier molecular flexibility index (Phi) is 3.98. The van der Waals surface area contributed by atoms with Gasteiger partial charge in [-0.25, -0.2) is 4.99 Å². The smallest absolute Gasteiger partial charge is 0.188 e. The Bertz CT molecular complexity index is 1090. The molecule has 0 fully saturated rings. The fraction of sp³-hybridized carbons (Fsp3) is 0.190. The van der Waals surface area contributed by atoms with Gasteiger partial charge in [0.2, 0.25) is 0 Å². The SMILES string of the molecule is SCn1/c(=N\CN2c3ccccc3C3C=CC=CC32)sc2ccccc21. The van der Waals surface area contributed by atoms with Gasteiger partial charge in [0.1, 0.15) is 6.67 Å². The maximum atomic E-state index is 4.99. The molecule has 0 N–H and O–H groups in total. The molecule has 0 saturated carbocycles. The Hall–Kier alpha value is -2.24. The van der Waals surface area contributed by atoms with Crippen LogP contribution in [0.15, 0.2) is 77.8 Å². The van der Waals surface area contributed by atoms with Gasteiger partial charge in [-0.1, -0.05) is 66.0 Å². The van der Waals surface area contributed by atoms with E-state index < -0.39 is 0 Å². The molecule has 1 aliphatic carbocycles. The summed E-state index contributed by atoms with van der Waals surface area (Å²) in [6, 6.07) is 17.5. The summed E-state index contributed by atoms with van der Waals surface area (Å²) in [5.41, 5.74) is 3.89. The zero-order chi connectivity index (χ0) is 17.5. The van der Waals surface area contributed by atoms with Crippen molar-refractivity contribution in [1.82, 2.24) is 4.57 Å². The molecule has 0 bridgehead atoms. The summed E-state index contributed by atoms with van der Waals surface area (Å²) in [7, 11) is 0. The number of anilines is 1. The molecule has 2 aromatic carbocycles. The Morgan fingerprint density at radius 3 is 2.73 bits per heavy atom. The number of nitrogens with zero attached hydrogens (tertiary/aromatic N) is 3. The van der Waals surface area contributed by atoms with E-state index in [2.05, 4.69) is 94.9 Å². The van der Waals surface area contributed by atoms with Crippen molar-refractivity contribution in [3.63, 3.8) is 0 Å². The highest BCUT2D eigenvalue weighted by Crippen LogP contribution is 2.43. The minimum atomic E-state index is 0.347. The van der Waals surface area contributed by atoms with Gasteiger partial charge in [-0.3, -0.25) is 0 Å². The van der Waals surface area contributed by atoms with E-state index in [1.54, 1.807) is 11.3 Å². The largest absolute Gasteiger partial charge is 0.344 e. The molecule has 3 aromatic rings. The third-order valence-electron chi connectivity index (χ3n) is 5.16. The topological polar surface area (TPSA) is 20.5 Å². The first kappa shape index (κ1) is 16.0. The third kappa shape index (κ3) is 2.46. The molecule has 130 valence electrons. The number of rotatable bonds is 3. The van der Waals surface area contributed by atoms with E-state index in [1.807, 2.05) is 0 Å². The summed E-state index contributed by atoms with van der Waals surface area (Å²) in [6.07, 6.45) is 8.89. The second-order valence-corrected chi connectivity index (χ2v) is 7.83. The van der Waals surface area contributed by atoms with E-state index in [4.69, 9.17) is 4.99 Å². The molecule has 0 saturated heterocycles. The Labute approximate surface area is 162 Å². The Morgan fingerprint density at radius 1 is 1.00 bits per heavy atom. The number of allylic oxidation sites excluding steroid dienone is 2. The van der Waals surface area contributed by atoms with Crippen LogP contribution in [0.5, 0.6) is 0 Å². The monoisotopic (exact) mass is 377 g/mol. The second-order valence-electron chi connectivity index (χ2n) is 6.54. The lowest BCUT2D eigenvalue weighted by Gasteiger charge is -2.26. The number of fused-ring (bicyclic) bond motifs is 4. The van der Waals surface area contributed by atoms with Crippen molar-refractivity contribution >= 4 is 39.9 Å². The van der Waals surface area contributed by atoms with Crippen LogP contribution in [-0.2, 0) is 5.88 Å². The molecule has 5 heteroatoms. The molecule has 2 atom stereocenters. The van der Waals surface area contributed by atoms with Crippen molar-refractivity contribution in [2.75, 3.05) is 11.6 Å². The number of hydrogen-bond acceptors (Lipinski definition) is 4. The first-order valence-corrected chi connectivity index (χ1v) is 10.2. The predicted molar refractivity (Wildman–Crippen MR) is 113 cm³/mol. The van der Waals surface area contributed by atoms with Crippen molar-refractivity contribution in [3.05, 3.63) is 83.2 Å². The molecule has 0 spiro atoms. The Morgan fingerprint density at radius 2 is 1.81 bits per heavy atom. The summed E-state index contributed by atoms with van der Waals surface area (Å²) in [6.45, 7) is 0.650. The van der Waals surface area contributed by atoms with Gasteiger partial charge in [-0.15, -0.1) is 0 Å². The zero-order valence-electron chi connectivity index (χ0n) is 14.2. The molecule has 26 heavy (non-hydrogen) atoms. The van der Waals surface area contributed by atoms with E-state index in [9.17, 15) is 0 Å². The first-order chi connectivity index (χ1) is 12.9. The van der Waals surface area contributed by atoms with Crippen molar-refractivity contribution in [1.29, 1.82) is 0 Å². The molecule has 5 rings (SSSR count). The van der Waals surface area contributed by atoms with Gasteiger partial charge in [-0.2, -0.15) is 12.6 Å². The highest BCUT2D eigenvalue weighted by atomic mass is 32.1. The quantitative estimate of drug-likeness (QED) is 0.664. The molecule has 3 nitrogen and oxygen atoms in total. The highest BCUT2D eigenvalue weighted by molar-refractivity contribution is 7.79. The summed E-state index contributed by atoms with van der Waals surface area (Å²) >= 11 is 6.25. The number of thiol groups is 1. The van der Waals surface area contributed by atoms with E-state index in [0.717, 1.165) is 4.80 Å². The third-order valence-corrected chi connectivity index (χ3v) is 6.54. The van der Waals surface area contributed by atoms with E-state index in [0.29, 0.717) is 24.5 Å². The van der Waals surface area contributed by atoms with Gasteiger partial charge in [0.25, 0.3) is 0 Å². The lowest BCUT2D eigenvalue weighted by atomic mass is 9.92. The first-order valence-electron chi connectivity index (χ1n) is 8.77.